The fourth-order valence-electron chi connectivity index (χ4n) is 2.75. The van der Waals surface area contributed by atoms with Gasteiger partial charge in [0, 0.05) is 23.5 Å². The summed E-state index contributed by atoms with van der Waals surface area (Å²) in [7, 11) is 2.83. The molecule has 6 nitrogen and oxygen atoms in total. The van der Waals surface area contributed by atoms with Gasteiger partial charge in [-0.2, -0.15) is 0 Å². The maximum absolute atomic E-state index is 12.7. The largest absolute Gasteiger partial charge is 0.496 e. The van der Waals surface area contributed by atoms with Gasteiger partial charge in [0.05, 0.1) is 32.0 Å². The minimum absolute atomic E-state index is 0.0814. The lowest BCUT2D eigenvalue weighted by Gasteiger charge is -2.13. The van der Waals surface area contributed by atoms with E-state index in [4.69, 9.17) is 4.74 Å². The van der Waals surface area contributed by atoms with E-state index in [1.54, 1.807) is 18.2 Å². The minimum Gasteiger partial charge on any atom is -0.496 e. The Morgan fingerprint density at radius 1 is 1.00 bits per heavy atom. The lowest BCUT2D eigenvalue weighted by atomic mass is 10.1. The van der Waals surface area contributed by atoms with E-state index in [9.17, 15) is 9.59 Å². The molecule has 27 heavy (non-hydrogen) atoms. The van der Waals surface area contributed by atoms with Crippen molar-refractivity contribution < 1.29 is 19.1 Å². The summed E-state index contributed by atoms with van der Waals surface area (Å²) in [6.07, 6.45) is 3.91. The van der Waals surface area contributed by atoms with Gasteiger partial charge in [-0.05, 0) is 36.4 Å². The zero-order chi connectivity index (χ0) is 19.2. The maximum Gasteiger partial charge on any atom is 0.310 e. The van der Waals surface area contributed by atoms with Crippen molar-refractivity contribution in [1.82, 2.24) is 4.57 Å². The highest BCUT2D eigenvalue weighted by Gasteiger charge is 2.14. The number of benzene rings is 2. The van der Waals surface area contributed by atoms with Gasteiger partial charge in [-0.3, -0.25) is 9.59 Å². The number of aromatic nitrogens is 1. The van der Waals surface area contributed by atoms with E-state index >= 15 is 0 Å². The van der Waals surface area contributed by atoms with Crippen molar-refractivity contribution in [1.29, 1.82) is 0 Å². The lowest BCUT2D eigenvalue weighted by molar-refractivity contribution is -0.139. The van der Waals surface area contributed by atoms with Crippen LogP contribution in [0.4, 0.5) is 5.69 Å². The molecule has 0 fully saturated rings. The molecule has 0 saturated carbocycles. The molecule has 6 heteroatoms. The maximum atomic E-state index is 12.7. The van der Waals surface area contributed by atoms with Crippen molar-refractivity contribution in [3.8, 4) is 11.4 Å². The molecule has 1 N–H and O–H groups in total. The third-order valence-corrected chi connectivity index (χ3v) is 4.15. The fraction of sp³-hybridized carbons (Fsp3) is 0.143. The van der Waals surface area contributed by atoms with Gasteiger partial charge in [-0.15, -0.1) is 0 Å². The van der Waals surface area contributed by atoms with Gasteiger partial charge in [-0.1, -0.05) is 18.2 Å². The van der Waals surface area contributed by atoms with Crippen molar-refractivity contribution in [3.63, 3.8) is 0 Å². The van der Waals surface area contributed by atoms with Gasteiger partial charge < -0.3 is 19.4 Å². The lowest BCUT2D eigenvalue weighted by Crippen LogP contribution is -2.14. The highest BCUT2D eigenvalue weighted by atomic mass is 16.5. The van der Waals surface area contributed by atoms with E-state index < -0.39 is 0 Å². The second-order valence-corrected chi connectivity index (χ2v) is 5.84. The zero-order valence-electron chi connectivity index (χ0n) is 15.1. The van der Waals surface area contributed by atoms with Crippen LogP contribution in [0.25, 0.3) is 5.69 Å². The van der Waals surface area contributed by atoms with Crippen LogP contribution < -0.4 is 10.1 Å². The van der Waals surface area contributed by atoms with Crippen molar-refractivity contribution >= 4 is 17.6 Å². The number of ether oxygens (including phenoxy) is 2. The first kappa shape index (κ1) is 18.3. The molecular weight excluding hydrogens is 344 g/mol. The van der Waals surface area contributed by atoms with Crippen molar-refractivity contribution in [2.24, 2.45) is 0 Å². The highest BCUT2D eigenvalue weighted by Crippen LogP contribution is 2.24. The number of carbonyl (C=O) groups excluding carboxylic acids is 2. The Balaban J connectivity index is 1.84. The van der Waals surface area contributed by atoms with E-state index in [-0.39, 0.29) is 18.3 Å². The van der Waals surface area contributed by atoms with Gasteiger partial charge in [0.2, 0.25) is 0 Å². The number of nitrogens with one attached hydrogen (secondary N) is 1. The van der Waals surface area contributed by atoms with Crippen LogP contribution in [0.1, 0.15) is 15.9 Å². The summed E-state index contributed by atoms with van der Waals surface area (Å²) in [6, 6.07) is 16.4. The molecule has 0 spiro atoms. The van der Waals surface area contributed by atoms with Crippen LogP contribution >= 0.6 is 0 Å². The molecule has 1 aromatic heterocycles. The van der Waals surface area contributed by atoms with Crippen LogP contribution in [-0.4, -0.2) is 30.7 Å². The summed E-state index contributed by atoms with van der Waals surface area (Å²) in [4.78, 5) is 24.2. The average molecular weight is 364 g/mol. The first-order valence-corrected chi connectivity index (χ1v) is 8.40. The number of hydrogen-bond donors (Lipinski definition) is 1. The Labute approximate surface area is 157 Å². The predicted molar refractivity (Wildman–Crippen MR) is 102 cm³/mol. The molecule has 0 saturated heterocycles. The van der Waals surface area contributed by atoms with Crippen LogP contribution in [0.15, 0.2) is 67.0 Å². The summed E-state index contributed by atoms with van der Waals surface area (Å²) in [5.41, 5.74) is 2.65. The number of para-hydroxylation sites is 2. The third kappa shape index (κ3) is 4.17. The molecule has 0 atom stereocenters. The summed E-state index contributed by atoms with van der Waals surface area (Å²) in [6.45, 7) is 0. The van der Waals surface area contributed by atoms with E-state index in [0.29, 0.717) is 22.6 Å². The van der Waals surface area contributed by atoms with Crippen LogP contribution in [0.3, 0.4) is 0 Å². The van der Waals surface area contributed by atoms with Crippen LogP contribution in [0.2, 0.25) is 0 Å². The molecule has 0 bridgehead atoms. The Morgan fingerprint density at radius 2 is 1.74 bits per heavy atom. The topological polar surface area (TPSA) is 69.6 Å². The minimum atomic E-state index is -0.369. The monoisotopic (exact) mass is 364 g/mol. The van der Waals surface area contributed by atoms with Gasteiger partial charge in [-0.25, -0.2) is 0 Å². The Hall–Kier alpha value is -3.54. The first-order chi connectivity index (χ1) is 13.1. The summed E-state index contributed by atoms with van der Waals surface area (Å²) >= 11 is 0. The second-order valence-electron chi connectivity index (χ2n) is 5.84. The quantitative estimate of drug-likeness (QED) is 0.680. The molecular formula is C21H20N2O4. The number of methoxy groups -OCH3 is 2. The molecule has 138 valence electrons. The average Bonchev–Trinajstić information content (AvgIpc) is 3.23. The fourth-order valence-corrected chi connectivity index (χ4v) is 2.75. The zero-order valence-corrected chi connectivity index (χ0v) is 15.1. The number of amides is 1. The van der Waals surface area contributed by atoms with E-state index in [0.717, 1.165) is 5.69 Å². The van der Waals surface area contributed by atoms with E-state index in [1.165, 1.54) is 14.2 Å². The van der Waals surface area contributed by atoms with Crippen molar-refractivity contribution in [2.75, 3.05) is 19.5 Å². The number of anilines is 1. The Bertz CT molecular complexity index is 949. The normalized spacial score (nSPS) is 10.3. The first-order valence-electron chi connectivity index (χ1n) is 8.40. The molecule has 0 aliphatic carbocycles. The highest BCUT2D eigenvalue weighted by molar-refractivity contribution is 6.05. The standard InChI is InChI=1S/C21H20N2O4/c1-26-19-13-16(10-9-15(19)14-20(24)27-2)21(25)22-17-7-3-4-8-18(17)23-11-5-6-12-23/h3-13H,14H2,1-2H3,(H,22,25). The summed E-state index contributed by atoms with van der Waals surface area (Å²) in [5, 5.41) is 2.93. The predicted octanol–water partition coefficient (Wildman–Crippen LogP) is 3.45. The van der Waals surface area contributed by atoms with Crippen LogP contribution in [0.5, 0.6) is 5.75 Å². The van der Waals surface area contributed by atoms with E-state index in [2.05, 4.69) is 10.1 Å². The Morgan fingerprint density at radius 3 is 2.44 bits per heavy atom. The Kier molecular flexibility index (Phi) is 5.56. The molecule has 0 radical (unpaired) electrons. The number of nitrogens with zero attached hydrogens (tertiary/aromatic N) is 1. The second kappa shape index (κ2) is 8.23. The summed E-state index contributed by atoms with van der Waals surface area (Å²) < 4.78 is 11.9. The molecule has 1 amide bonds. The number of esters is 1. The van der Waals surface area contributed by atoms with Crippen molar-refractivity contribution in [2.45, 2.75) is 6.42 Å². The smallest absolute Gasteiger partial charge is 0.310 e. The van der Waals surface area contributed by atoms with Gasteiger partial charge in [0.15, 0.2) is 0 Å². The molecule has 2 aromatic carbocycles. The number of rotatable bonds is 6. The number of carbonyl (C=O) groups is 2. The number of hydrogen-bond acceptors (Lipinski definition) is 4. The molecule has 0 aliphatic rings. The van der Waals surface area contributed by atoms with Crippen LogP contribution in [-0.2, 0) is 16.0 Å². The SMILES string of the molecule is COC(=O)Cc1ccc(C(=O)Nc2ccccc2-n2cccc2)cc1OC. The van der Waals surface area contributed by atoms with Gasteiger partial charge in [0.25, 0.3) is 5.91 Å². The van der Waals surface area contributed by atoms with Crippen molar-refractivity contribution in [3.05, 3.63) is 78.1 Å². The molecule has 0 aliphatic heterocycles. The van der Waals surface area contributed by atoms with Crippen LogP contribution in [0, 0.1) is 0 Å². The van der Waals surface area contributed by atoms with Gasteiger partial charge >= 0.3 is 5.97 Å². The van der Waals surface area contributed by atoms with E-state index in [1.807, 2.05) is 53.4 Å². The molecule has 3 rings (SSSR count). The third-order valence-electron chi connectivity index (χ3n) is 4.15. The van der Waals surface area contributed by atoms with Gasteiger partial charge in [0.1, 0.15) is 5.75 Å². The molecule has 3 aromatic rings. The molecule has 0 unspecified atom stereocenters. The summed E-state index contributed by atoms with van der Waals surface area (Å²) in [5.74, 6) is -0.171. The molecule has 1 heterocycles.